The number of anilines is 1. The third-order valence-corrected chi connectivity index (χ3v) is 7.02. The van der Waals surface area contributed by atoms with Gasteiger partial charge in [0.2, 0.25) is 0 Å². The molecule has 0 unspecified atom stereocenters. The van der Waals surface area contributed by atoms with Crippen LogP contribution >= 0.6 is 0 Å². The Bertz CT molecular complexity index is 1180. The molecule has 1 aliphatic heterocycles. The van der Waals surface area contributed by atoms with Crippen molar-refractivity contribution < 1.29 is 19.0 Å². The summed E-state index contributed by atoms with van der Waals surface area (Å²) in [6, 6.07) is 26.4. The van der Waals surface area contributed by atoms with Crippen molar-refractivity contribution >= 4 is 17.9 Å². The molecule has 0 aliphatic carbocycles. The van der Waals surface area contributed by atoms with Crippen LogP contribution in [0.2, 0.25) is 0 Å². The van der Waals surface area contributed by atoms with E-state index in [1.807, 2.05) is 72.8 Å². The smallest absolute Gasteiger partial charge is 0.411 e. The van der Waals surface area contributed by atoms with E-state index in [-0.39, 0.29) is 6.10 Å². The lowest BCUT2D eigenvalue weighted by Gasteiger charge is -2.28. The first-order chi connectivity index (χ1) is 19.7. The highest BCUT2D eigenvalue weighted by Gasteiger charge is 2.21. The zero-order valence-electron chi connectivity index (χ0n) is 23.6. The molecule has 6 heteroatoms. The third kappa shape index (κ3) is 10.3. The molecular formula is C34H42N2O4. The van der Waals surface area contributed by atoms with E-state index in [2.05, 4.69) is 35.5 Å². The van der Waals surface area contributed by atoms with Crippen LogP contribution in [0.25, 0.3) is 17.2 Å². The summed E-state index contributed by atoms with van der Waals surface area (Å²) in [6.45, 7) is 4.61. The van der Waals surface area contributed by atoms with Crippen LogP contribution in [0.5, 0.6) is 0 Å². The van der Waals surface area contributed by atoms with Crippen molar-refractivity contribution in [2.75, 3.05) is 45.3 Å². The molecule has 0 bridgehead atoms. The quantitative estimate of drug-likeness (QED) is 0.215. The average molecular weight is 543 g/mol. The second-order valence-corrected chi connectivity index (χ2v) is 10.3. The van der Waals surface area contributed by atoms with Crippen molar-refractivity contribution in [1.82, 2.24) is 4.90 Å². The normalized spacial score (nSPS) is 14.4. The van der Waals surface area contributed by atoms with Crippen LogP contribution in [0, 0.1) is 0 Å². The molecular weight excluding hydrogens is 500 g/mol. The van der Waals surface area contributed by atoms with Gasteiger partial charge in [0, 0.05) is 31.9 Å². The first-order valence-electron chi connectivity index (χ1n) is 14.4. The zero-order chi connectivity index (χ0) is 27.8. The Labute approximate surface area is 239 Å². The number of rotatable bonds is 14. The number of nitrogens with zero attached hydrogens (tertiary/aromatic N) is 1. The lowest BCUT2D eigenvalue weighted by atomic mass is 10.0. The Morgan fingerprint density at radius 2 is 1.60 bits per heavy atom. The predicted molar refractivity (Wildman–Crippen MR) is 162 cm³/mol. The predicted octanol–water partition coefficient (Wildman–Crippen LogP) is 7.41. The number of unbranched alkanes of at least 4 members (excludes halogenated alkanes) is 2. The van der Waals surface area contributed by atoms with Gasteiger partial charge in [-0.15, -0.1) is 0 Å². The highest BCUT2D eigenvalue weighted by Crippen LogP contribution is 2.30. The minimum absolute atomic E-state index is 0.0431. The van der Waals surface area contributed by atoms with E-state index < -0.39 is 6.09 Å². The number of nitrogens with one attached hydrogen (secondary N) is 1. The molecule has 0 aromatic heterocycles. The van der Waals surface area contributed by atoms with Crippen molar-refractivity contribution in [2.45, 2.75) is 44.8 Å². The summed E-state index contributed by atoms with van der Waals surface area (Å²) >= 11 is 0. The highest BCUT2D eigenvalue weighted by molar-refractivity contribution is 5.92. The van der Waals surface area contributed by atoms with E-state index >= 15 is 0 Å². The first-order valence-corrected chi connectivity index (χ1v) is 14.4. The summed E-state index contributed by atoms with van der Waals surface area (Å²) in [6.07, 6.45) is 8.46. The fourth-order valence-corrected chi connectivity index (χ4v) is 4.72. The number of hydrogen-bond donors (Lipinski definition) is 1. The van der Waals surface area contributed by atoms with Gasteiger partial charge in [0.25, 0.3) is 0 Å². The molecule has 3 aromatic rings. The second-order valence-electron chi connectivity index (χ2n) is 10.3. The van der Waals surface area contributed by atoms with Gasteiger partial charge in [-0.1, -0.05) is 84.9 Å². The molecule has 3 aromatic carbocycles. The van der Waals surface area contributed by atoms with Crippen LogP contribution < -0.4 is 5.32 Å². The fraction of sp³-hybridized carbons (Fsp3) is 0.382. The Balaban J connectivity index is 1.20. The van der Waals surface area contributed by atoms with Gasteiger partial charge in [0.1, 0.15) is 6.10 Å². The molecule has 1 fully saturated rings. The van der Waals surface area contributed by atoms with Crippen molar-refractivity contribution in [3.8, 4) is 11.1 Å². The van der Waals surface area contributed by atoms with Gasteiger partial charge in [-0.05, 0) is 61.9 Å². The molecule has 6 nitrogen and oxygen atoms in total. The standard InChI is InChI=1S/C34H42N2O4/c1-36-21-19-31(20-22-36)40-34(37)35-33-26-28(17-18-32(33)30-15-7-3-8-16-30)14-11-25-38-23-9-4-10-24-39-27-29-12-5-2-6-13-29/h2-3,5-8,11-18,26,31H,4,9-10,19-25,27H2,1H3,(H,35,37)/b14-11+. The molecule has 1 aliphatic rings. The molecule has 0 atom stereocenters. The van der Waals surface area contributed by atoms with E-state index in [1.54, 1.807) is 0 Å². The van der Waals surface area contributed by atoms with E-state index in [0.29, 0.717) is 13.2 Å². The number of hydrogen-bond acceptors (Lipinski definition) is 5. The topological polar surface area (TPSA) is 60.0 Å². The van der Waals surface area contributed by atoms with Crippen LogP contribution in [-0.2, 0) is 20.8 Å². The summed E-state index contributed by atoms with van der Waals surface area (Å²) in [5, 5.41) is 3.01. The molecule has 1 N–H and O–H groups in total. The number of benzene rings is 3. The molecule has 1 heterocycles. The number of piperidine rings is 1. The van der Waals surface area contributed by atoms with Crippen molar-refractivity contribution in [2.24, 2.45) is 0 Å². The number of carbonyl (C=O) groups excluding carboxylic acids is 1. The summed E-state index contributed by atoms with van der Waals surface area (Å²) < 4.78 is 17.3. The molecule has 0 spiro atoms. The van der Waals surface area contributed by atoms with Gasteiger partial charge in [-0.2, -0.15) is 0 Å². The number of likely N-dealkylation sites (tertiary alicyclic amines) is 1. The van der Waals surface area contributed by atoms with E-state index in [4.69, 9.17) is 14.2 Å². The number of ether oxygens (including phenoxy) is 3. The Kier molecular flexibility index (Phi) is 12.3. The Hall–Kier alpha value is -3.45. The maximum Gasteiger partial charge on any atom is 0.411 e. The highest BCUT2D eigenvalue weighted by atomic mass is 16.6. The largest absolute Gasteiger partial charge is 0.446 e. The second kappa shape index (κ2) is 16.6. The molecule has 1 amide bonds. The van der Waals surface area contributed by atoms with E-state index in [0.717, 1.165) is 80.8 Å². The number of amides is 1. The van der Waals surface area contributed by atoms with Crippen LogP contribution in [0.3, 0.4) is 0 Å². The minimum atomic E-state index is -0.401. The maximum absolute atomic E-state index is 12.8. The molecule has 212 valence electrons. The monoisotopic (exact) mass is 542 g/mol. The van der Waals surface area contributed by atoms with Crippen LogP contribution in [0.15, 0.2) is 84.9 Å². The zero-order valence-corrected chi connectivity index (χ0v) is 23.6. The Morgan fingerprint density at radius 3 is 2.35 bits per heavy atom. The third-order valence-electron chi connectivity index (χ3n) is 7.02. The molecule has 1 saturated heterocycles. The van der Waals surface area contributed by atoms with Crippen molar-refractivity contribution in [3.63, 3.8) is 0 Å². The molecule has 0 saturated carbocycles. The first kappa shape index (κ1) is 29.5. The summed E-state index contributed by atoms with van der Waals surface area (Å²) in [7, 11) is 2.09. The summed E-state index contributed by atoms with van der Waals surface area (Å²) in [4.78, 5) is 15.0. The van der Waals surface area contributed by atoms with Crippen LogP contribution in [0.4, 0.5) is 10.5 Å². The van der Waals surface area contributed by atoms with Gasteiger partial charge in [-0.3, -0.25) is 5.32 Å². The SMILES string of the molecule is CN1CCC(OC(=O)Nc2cc(/C=C/COCCCCCOCc3ccccc3)ccc2-c2ccccc2)CC1. The molecule has 4 rings (SSSR count). The minimum Gasteiger partial charge on any atom is -0.446 e. The lowest BCUT2D eigenvalue weighted by molar-refractivity contribution is 0.0662. The maximum atomic E-state index is 12.8. The van der Waals surface area contributed by atoms with Crippen molar-refractivity contribution in [3.05, 3.63) is 96.1 Å². The molecule has 40 heavy (non-hydrogen) atoms. The van der Waals surface area contributed by atoms with E-state index in [1.165, 1.54) is 5.56 Å². The average Bonchev–Trinajstić information content (AvgIpc) is 2.98. The summed E-state index contributed by atoms with van der Waals surface area (Å²) in [5.41, 5.74) is 4.95. The van der Waals surface area contributed by atoms with Gasteiger partial charge < -0.3 is 19.1 Å². The Morgan fingerprint density at radius 1 is 0.900 bits per heavy atom. The number of carbonyl (C=O) groups is 1. The van der Waals surface area contributed by atoms with Gasteiger partial charge in [0.05, 0.1) is 18.9 Å². The van der Waals surface area contributed by atoms with Gasteiger partial charge in [-0.25, -0.2) is 4.79 Å². The lowest BCUT2D eigenvalue weighted by Crippen LogP contribution is -2.36. The van der Waals surface area contributed by atoms with E-state index in [9.17, 15) is 4.79 Å². The van der Waals surface area contributed by atoms with Crippen LogP contribution in [0.1, 0.15) is 43.2 Å². The van der Waals surface area contributed by atoms with Gasteiger partial charge in [0.15, 0.2) is 0 Å². The molecule has 0 radical (unpaired) electrons. The van der Waals surface area contributed by atoms with Gasteiger partial charge >= 0.3 is 6.09 Å². The van der Waals surface area contributed by atoms with Crippen molar-refractivity contribution in [1.29, 1.82) is 0 Å². The van der Waals surface area contributed by atoms with Crippen LogP contribution in [-0.4, -0.2) is 57.1 Å². The summed E-state index contributed by atoms with van der Waals surface area (Å²) in [5.74, 6) is 0. The fourth-order valence-electron chi connectivity index (χ4n) is 4.72.